The molecule has 0 aromatic heterocycles. The van der Waals surface area contributed by atoms with Gasteiger partial charge in [0.15, 0.2) is 0 Å². The van der Waals surface area contributed by atoms with Gasteiger partial charge in [0.25, 0.3) is 14.2 Å². The molecule has 0 saturated carbocycles. The number of ether oxygens (including phenoxy) is 1. The van der Waals surface area contributed by atoms with E-state index in [2.05, 4.69) is 55.9 Å². The second kappa shape index (κ2) is 16.7. The molecule has 1 aliphatic rings. The van der Waals surface area contributed by atoms with Gasteiger partial charge in [-0.2, -0.15) is 5.26 Å². The van der Waals surface area contributed by atoms with Gasteiger partial charge < -0.3 is 19.1 Å². The Labute approximate surface area is 272 Å². The number of nitrogens with one attached hydrogen (secondary N) is 1. The first kappa shape index (κ1) is 35.1. The van der Waals surface area contributed by atoms with Crippen LogP contribution in [-0.2, 0) is 25.1 Å². The molecule has 2 atom stereocenters. The monoisotopic (exact) mass is 646 g/mol. The second-order valence-corrected chi connectivity index (χ2v) is 13.7. The van der Waals surface area contributed by atoms with Gasteiger partial charge in [0.2, 0.25) is 5.91 Å². The third kappa shape index (κ3) is 9.18. The summed E-state index contributed by atoms with van der Waals surface area (Å²) >= 11 is 0. The van der Waals surface area contributed by atoms with Crippen LogP contribution in [0.4, 0.5) is 5.69 Å². The van der Waals surface area contributed by atoms with E-state index in [1.54, 1.807) is 19.1 Å². The zero-order valence-corrected chi connectivity index (χ0v) is 28.0. The number of nitro benzene ring substituents is 1. The third-order valence-corrected chi connectivity index (χ3v) is 9.11. The maximum Gasteiger partial charge on any atom is 0.275 e. The predicted molar refractivity (Wildman–Crippen MR) is 178 cm³/mol. The Kier molecular flexibility index (Phi) is 12.8. The van der Waals surface area contributed by atoms with E-state index in [1.165, 1.54) is 6.07 Å². The molecule has 0 spiro atoms. The summed E-state index contributed by atoms with van der Waals surface area (Å²) in [4.78, 5) is 24.5. The first-order chi connectivity index (χ1) is 22.1. The van der Waals surface area contributed by atoms with Crippen LogP contribution in [0, 0.1) is 33.3 Å². The highest BCUT2D eigenvalue weighted by Gasteiger charge is 2.30. The number of benzene rings is 3. The maximum absolute atomic E-state index is 12.9. The van der Waals surface area contributed by atoms with Gasteiger partial charge in [-0.1, -0.05) is 82.3 Å². The molecular formula is C35H43N4O6P. The minimum atomic E-state index is -1.60. The van der Waals surface area contributed by atoms with E-state index in [-0.39, 0.29) is 43.9 Å². The zero-order chi connectivity index (χ0) is 33.2. The summed E-state index contributed by atoms with van der Waals surface area (Å²) < 4.78 is 20.7. The number of hydrogen-bond acceptors (Lipinski definition) is 8. The number of nitro groups is 1. The minimum Gasteiger partial charge on any atom is -0.359 e. The van der Waals surface area contributed by atoms with Crippen molar-refractivity contribution in [1.29, 1.82) is 5.26 Å². The molecule has 0 bridgehead atoms. The summed E-state index contributed by atoms with van der Waals surface area (Å²) in [5.41, 5.74) is 5.28. The van der Waals surface area contributed by atoms with Crippen LogP contribution < -0.4 is 5.32 Å². The highest BCUT2D eigenvalue weighted by Crippen LogP contribution is 2.49. The number of nitriles is 1. The molecule has 11 heteroatoms. The Hall–Kier alpha value is -3.71. The van der Waals surface area contributed by atoms with Crippen molar-refractivity contribution in [3.8, 4) is 17.2 Å². The number of hydrogen-bond donors (Lipinski definition) is 1. The molecule has 10 nitrogen and oxygen atoms in total. The molecule has 4 rings (SSSR count). The van der Waals surface area contributed by atoms with Crippen molar-refractivity contribution in [3.63, 3.8) is 0 Å². The summed E-state index contributed by atoms with van der Waals surface area (Å²) in [6, 6.07) is 22.9. The lowest BCUT2D eigenvalue weighted by atomic mass is 10.0. The molecule has 3 aromatic rings. The molecule has 0 fully saturated rings. The number of fused-ring (bicyclic) bond motifs is 3. The Morgan fingerprint density at radius 2 is 1.61 bits per heavy atom. The molecule has 1 aliphatic carbocycles. The quantitative estimate of drug-likeness (QED) is 0.0680. The first-order valence-corrected chi connectivity index (χ1v) is 16.8. The Morgan fingerprint density at radius 3 is 2.17 bits per heavy atom. The molecule has 3 aromatic carbocycles. The highest BCUT2D eigenvalue weighted by molar-refractivity contribution is 7.44. The van der Waals surface area contributed by atoms with Crippen LogP contribution in [0.25, 0.3) is 11.1 Å². The zero-order valence-electron chi connectivity index (χ0n) is 27.1. The van der Waals surface area contributed by atoms with Gasteiger partial charge in [-0.25, -0.2) is 4.67 Å². The van der Waals surface area contributed by atoms with Crippen molar-refractivity contribution < 1.29 is 23.5 Å². The van der Waals surface area contributed by atoms with Crippen molar-refractivity contribution in [2.24, 2.45) is 11.8 Å². The molecule has 0 saturated heterocycles. The molecule has 0 aliphatic heterocycles. The number of carbonyl (C=O) groups is 1. The van der Waals surface area contributed by atoms with Crippen LogP contribution in [0.15, 0.2) is 66.7 Å². The van der Waals surface area contributed by atoms with Crippen LogP contribution in [0.5, 0.6) is 0 Å². The van der Waals surface area contributed by atoms with Gasteiger partial charge in [-0.05, 0) is 52.6 Å². The van der Waals surface area contributed by atoms with E-state index >= 15 is 0 Å². The topological polar surface area (TPSA) is 127 Å². The van der Waals surface area contributed by atoms with Crippen molar-refractivity contribution in [3.05, 3.63) is 99.1 Å². The Morgan fingerprint density at radius 1 is 1.00 bits per heavy atom. The van der Waals surface area contributed by atoms with Crippen LogP contribution in [0.1, 0.15) is 75.5 Å². The number of amides is 1. The molecule has 244 valence electrons. The van der Waals surface area contributed by atoms with E-state index in [1.807, 2.05) is 36.4 Å². The van der Waals surface area contributed by atoms with Crippen molar-refractivity contribution in [1.82, 2.24) is 9.99 Å². The largest absolute Gasteiger partial charge is 0.359 e. The van der Waals surface area contributed by atoms with Gasteiger partial charge in [0.05, 0.1) is 35.7 Å². The van der Waals surface area contributed by atoms with Gasteiger partial charge in [-0.15, -0.1) is 0 Å². The molecular weight excluding hydrogens is 603 g/mol. The van der Waals surface area contributed by atoms with Crippen LogP contribution in [-0.4, -0.2) is 41.8 Å². The molecule has 46 heavy (non-hydrogen) atoms. The van der Waals surface area contributed by atoms with Gasteiger partial charge in [0.1, 0.15) is 12.7 Å². The van der Waals surface area contributed by atoms with Crippen LogP contribution in [0.2, 0.25) is 0 Å². The average molecular weight is 647 g/mol. The van der Waals surface area contributed by atoms with Crippen molar-refractivity contribution >= 4 is 20.1 Å². The molecule has 0 heterocycles. The van der Waals surface area contributed by atoms with Gasteiger partial charge in [-0.3, -0.25) is 14.9 Å². The van der Waals surface area contributed by atoms with Gasteiger partial charge in [0, 0.05) is 25.7 Å². The van der Waals surface area contributed by atoms with E-state index in [0.717, 1.165) is 35.3 Å². The summed E-state index contributed by atoms with van der Waals surface area (Å²) in [6.45, 7) is 11.9. The molecule has 2 unspecified atom stereocenters. The Balaban J connectivity index is 1.44. The SMILES string of the molecule is CC(C)CN(CC(C)C)P(OCCC#N)OC(C)c1cc(CNC(=O)COC2c3ccccc3-c3ccccc32)ccc1[N+](=O)[O-]. The smallest absolute Gasteiger partial charge is 0.275 e. The lowest BCUT2D eigenvalue weighted by Crippen LogP contribution is -2.29. The van der Waals surface area contributed by atoms with E-state index in [4.69, 9.17) is 19.0 Å². The molecule has 1 amide bonds. The van der Waals surface area contributed by atoms with E-state index < -0.39 is 19.6 Å². The number of rotatable bonds is 17. The summed E-state index contributed by atoms with van der Waals surface area (Å²) in [5.74, 6) is 0.384. The fraction of sp³-hybridized carbons (Fsp3) is 0.429. The fourth-order valence-electron chi connectivity index (χ4n) is 5.50. The van der Waals surface area contributed by atoms with E-state index in [9.17, 15) is 14.9 Å². The van der Waals surface area contributed by atoms with Crippen molar-refractivity contribution in [2.45, 2.75) is 59.8 Å². The lowest BCUT2D eigenvalue weighted by Gasteiger charge is -2.33. The minimum absolute atomic E-state index is 0.0734. The second-order valence-electron chi connectivity index (χ2n) is 12.2. The molecule has 0 radical (unpaired) electrons. The van der Waals surface area contributed by atoms with Crippen molar-refractivity contribution in [2.75, 3.05) is 26.3 Å². The maximum atomic E-state index is 12.9. The molecule has 1 N–H and O–H groups in total. The van der Waals surface area contributed by atoms with Crippen LogP contribution in [0.3, 0.4) is 0 Å². The standard InChI is InChI=1S/C35H43N4O6P/c1-24(2)21-38(22-25(3)4)46(44-18-10-17-36)45-26(5)32-19-27(15-16-33(32)39(41)42)20-37-34(40)23-43-35-30-13-8-6-11-28(30)29-12-7-9-14-31(29)35/h6-9,11-16,19,24-26,35H,10,18,20-23H2,1-5H3,(H,37,40). The average Bonchev–Trinajstić information content (AvgIpc) is 3.35. The van der Waals surface area contributed by atoms with Crippen LogP contribution >= 0.6 is 8.53 Å². The van der Waals surface area contributed by atoms with E-state index in [0.29, 0.717) is 23.0 Å². The summed E-state index contributed by atoms with van der Waals surface area (Å²) in [5, 5.41) is 24.0. The highest BCUT2D eigenvalue weighted by atomic mass is 31.2. The normalized spacial score (nSPS) is 13.8. The number of nitrogens with zero attached hydrogens (tertiary/aromatic N) is 3. The third-order valence-electron chi connectivity index (χ3n) is 7.42. The summed E-state index contributed by atoms with van der Waals surface area (Å²) in [6.07, 6.45) is -0.803. The Bertz CT molecular complexity index is 1490. The predicted octanol–water partition coefficient (Wildman–Crippen LogP) is 7.85. The van der Waals surface area contributed by atoms with Gasteiger partial charge >= 0.3 is 0 Å². The number of carbonyl (C=O) groups excluding carboxylic acids is 1. The lowest BCUT2D eigenvalue weighted by molar-refractivity contribution is -0.386. The summed E-state index contributed by atoms with van der Waals surface area (Å²) in [7, 11) is -1.60. The fourth-order valence-corrected chi connectivity index (χ4v) is 7.41. The first-order valence-electron chi connectivity index (χ1n) is 15.6.